The molecule has 1 aromatic heterocycles. The third-order valence-corrected chi connectivity index (χ3v) is 3.31. The van der Waals surface area contributed by atoms with E-state index in [2.05, 4.69) is 56.5 Å². The van der Waals surface area contributed by atoms with Gasteiger partial charge in [0.25, 0.3) is 0 Å². The van der Waals surface area contributed by atoms with Crippen LogP contribution in [-0.4, -0.2) is 21.6 Å². The SMILES string of the molecule is CC(C)(C)c1nnn2c1COCC2C(C)(C)C. The zero-order valence-electron chi connectivity index (χ0n) is 11.7. The average molecular weight is 237 g/mol. The van der Waals surface area contributed by atoms with Gasteiger partial charge in [-0.3, -0.25) is 0 Å². The van der Waals surface area contributed by atoms with Gasteiger partial charge in [0, 0.05) is 5.41 Å². The Kier molecular flexibility index (Phi) is 2.81. The molecule has 1 unspecified atom stereocenters. The highest BCUT2D eigenvalue weighted by molar-refractivity contribution is 5.20. The van der Waals surface area contributed by atoms with Crippen LogP contribution in [0.15, 0.2) is 0 Å². The topological polar surface area (TPSA) is 39.9 Å². The van der Waals surface area contributed by atoms with E-state index in [0.717, 1.165) is 18.0 Å². The number of rotatable bonds is 0. The molecule has 0 spiro atoms. The minimum atomic E-state index is 0.0245. The van der Waals surface area contributed by atoms with E-state index in [4.69, 9.17) is 4.74 Å². The van der Waals surface area contributed by atoms with Crippen LogP contribution in [0.25, 0.3) is 0 Å². The molecule has 0 aliphatic carbocycles. The highest BCUT2D eigenvalue weighted by Crippen LogP contribution is 2.36. The number of hydrogen-bond acceptors (Lipinski definition) is 3. The molecule has 1 aliphatic heterocycles. The lowest BCUT2D eigenvalue weighted by Gasteiger charge is -2.35. The van der Waals surface area contributed by atoms with Gasteiger partial charge in [0.1, 0.15) is 0 Å². The van der Waals surface area contributed by atoms with Gasteiger partial charge in [0.15, 0.2) is 0 Å². The van der Waals surface area contributed by atoms with E-state index in [-0.39, 0.29) is 16.9 Å². The lowest BCUT2D eigenvalue weighted by Crippen LogP contribution is -2.34. The van der Waals surface area contributed by atoms with Crippen LogP contribution in [0.2, 0.25) is 0 Å². The lowest BCUT2D eigenvalue weighted by molar-refractivity contribution is 0.0105. The van der Waals surface area contributed by atoms with E-state index in [0.29, 0.717) is 6.61 Å². The predicted octanol–water partition coefficient (Wildman–Crippen LogP) is 2.69. The number of hydrogen-bond donors (Lipinski definition) is 0. The molecule has 0 aromatic carbocycles. The first-order valence-electron chi connectivity index (χ1n) is 6.23. The molecular weight excluding hydrogens is 214 g/mol. The number of nitrogens with zero attached hydrogens (tertiary/aromatic N) is 3. The Morgan fingerprint density at radius 1 is 1.18 bits per heavy atom. The molecule has 1 aliphatic rings. The van der Waals surface area contributed by atoms with Crippen molar-refractivity contribution in [3.63, 3.8) is 0 Å². The molecule has 96 valence electrons. The van der Waals surface area contributed by atoms with E-state index in [1.54, 1.807) is 0 Å². The van der Waals surface area contributed by atoms with Crippen LogP contribution in [0, 0.1) is 5.41 Å². The molecule has 1 atom stereocenters. The predicted molar refractivity (Wildman–Crippen MR) is 66.9 cm³/mol. The van der Waals surface area contributed by atoms with Crippen molar-refractivity contribution in [2.75, 3.05) is 6.61 Å². The fourth-order valence-electron chi connectivity index (χ4n) is 2.24. The minimum Gasteiger partial charge on any atom is -0.373 e. The van der Waals surface area contributed by atoms with Gasteiger partial charge in [-0.2, -0.15) is 0 Å². The normalized spacial score (nSPS) is 21.4. The van der Waals surface area contributed by atoms with Crippen LogP contribution in [0.4, 0.5) is 0 Å². The molecule has 17 heavy (non-hydrogen) atoms. The van der Waals surface area contributed by atoms with Crippen LogP contribution < -0.4 is 0 Å². The second-order valence-electron chi connectivity index (χ2n) is 6.98. The summed E-state index contributed by atoms with van der Waals surface area (Å²) in [7, 11) is 0. The fraction of sp³-hybridized carbons (Fsp3) is 0.846. The van der Waals surface area contributed by atoms with Crippen LogP contribution in [0.5, 0.6) is 0 Å². The summed E-state index contributed by atoms with van der Waals surface area (Å²) in [6, 6.07) is 0.273. The molecule has 0 N–H and O–H groups in total. The third kappa shape index (κ3) is 2.23. The Labute approximate surface area is 103 Å². The standard InChI is InChI=1S/C13H23N3O/c1-12(2,3)10-8-17-7-9-11(13(4,5)6)14-15-16(9)10/h10H,7-8H2,1-6H3. The van der Waals surface area contributed by atoms with Gasteiger partial charge in [-0.25, -0.2) is 4.68 Å². The summed E-state index contributed by atoms with van der Waals surface area (Å²) in [6.07, 6.45) is 0. The van der Waals surface area contributed by atoms with Gasteiger partial charge >= 0.3 is 0 Å². The van der Waals surface area contributed by atoms with Gasteiger partial charge in [0.2, 0.25) is 0 Å². The van der Waals surface area contributed by atoms with Crippen molar-refractivity contribution < 1.29 is 4.74 Å². The molecule has 0 saturated carbocycles. The average Bonchev–Trinajstić information content (AvgIpc) is 2.57. The van der Waals surface area contributed by atoms with Crippen molar-refractivity contribution in [3.8, 4) is 0 Å². The van der Waals surface area contributed by atoms with E-state index >= 15 is 0 Å². The zero-order valence-corrected chi connectivity index (χ0v) is 11.7. The van der Waals surface area contributed by atoms with Gasteiger partial charge in [-0.05, 0) is 5.41 Å². The Hall–Kier alpha value is -0.900. The van der Waals surface area contributed by atoms with Crippen molar-refractivity contribution >= 4 is 0 Å². The van der Waals surface area contributed by atoms with E-state index in [9.17, 15) is 0 Å². The maximum absolute atomic E-state index is 5.73. The van der Waals surface area contributed by atoms with Crippen LogP contribution >= 0.6 is 0 Å². The Bertz CT molecular complexity index is 409. The van der Waals surface area contributed by atoms with Crippen molar-refractivity contribution in [2.24, 2.45) is 5.41 Å². The third-order valence-electron chi connectivity index (χ3n) is 3.31. The molecule has 2 rings (SSSR count). The summed E-state index contributed by atoms with van der Waals surface area (Å²) in [6.45, 7) is 14.5. The number of fused-ring (bicyclic) bond motifs is 1. The maximum atomic E-state index is 5.73. The highest BCUT2D eigenvalue weighted by Gasteiger charge is 2.35. The smallest absolute Gasteiger partial charge is 0.0936 e. The molecule has 2 heterocycles. The monoisotopic (exact) mass is 237 g/mol. The molecule has 0 radical (unpaired) electrons. The van der Waals surface area contributed by atoms with Crippen LogP contribution in [0.1, 0.15) is 59.0 Å². The van der Waals surface area contributed by atoms with Gasteiger partial charge in [0.05, 0.1) is 30.6 Å². The molecule has 0 bridgehead atoms. The zero-order chi connectivity index (χ0) is 12.8. The first-order valence-corrected chi connectivity index (χ1v) is 6.23. The van der Waals surface area contributed by atoms with Crippen LogP contribution in [-0.2, 0) is 16.8 Å². The molecule has 0 amide bonds. The van der Waals surface area contributed by atoms with E-state index in [1.165, 1.54) is 0 Å². The molecular formula is C13H23N3O. The van der Waals surface area contributed by atoms with Crippen molar-refractivity contribution in [1.82, 2.24) is 15.0 Å². The first-order chi connectivity index (χ1) is 7.71. The van der Waals surface area contributed by atoms with Gasteiger partial charge in [-0.15, -0.1) is 5.10 Å². The molecule has 4 heteroatoms. The second kappa shape index (κ2) is 3.80. The Morgan fingerprint density at radius 3 is 2.35 bits per heavy atom. The second-order valence-corrected chi connectivity index (χ2v) is 6.98. The molecule has 0 fully saturated rings. The Morgan fingerprint density at radius 2 is 1.82 bits per heavy atom. The van der Waals surface area contributed by atoms with Crippen LogP contribution in [0.3, 0.4) is 0 Å². The largest absolute Gasteiger partial charge is 0.373 e. The molecule has 0 saturated heterocycles. The number of ether oxygens (including phenoxy) is 1. The van der Waals surface area contributed by atoms with Crippen molar-refractivity contribution in [2.45, 2.75) is 59.6 Å². The maximum Gasteiger partial charge on any atom is 0.0936 e. The summed E-state index contributed by atoms with van der Waals surface area (Å²) >= 11 is 0. The first kappa shape index (κ1) is 12.6. The van der Waals surface area contributed by atoms with Gasteiger partial charge in [-0.1, -0.05) is 46.8 Å². The summed E-state index contributed by atoms with van der Waals surface area (Å²) in [5, 5.41) is 8.72. The lowest BCUT2D eigenvalue weighted by atomic mass is 9.85. The summed E-state index contributed by atoms with van der Waals surface area (Å²) in [5.74, 6) is 0. The Balaban J connectivity index is 2.46. The molecule has 1 aromatic rings. The van der Waals surface area contributed by atoms with Gasteiger partial charge < -0.3 is 4.74 Å². The summed E-state index contributed by atoms with van der Waals surface area (Å²) in [5.41, 5.74) is 2.37. The van der Waals surface area contributed by atoms with Crippen molar-refractivity contribution in [1.29, 1.82) is 0 Å². The quantitative estimate of drug-likeness (QED) is 0.696. The molecule has 4 nitrogen and oxygen atoms in total. The van der Waals surface area contributed by atoms with E-state index in [1.807, 2.05) is 0 Å². The highest BCUT2D eigenvalue weighted by atomic mass is 16.5. The van der Waals surface area contributed by atoms with E-state index < -0.39 is 0 Å². The van der Waals surface area contributed by atoms with Crippen molar-refractivity contribution in [3.05, 3.63) is 11.4 Å². The minimum absolute atomic E-state index is 0.0245. The summed E-state index contributed by atoms with van der Waals surface area (Å²) in [4.78, 5) is 0. The summed E-state index contributed by atoms with van der Waals surface area (Å²) < 4.78 is 7.80. The fourth-order valence-corrected chi connectivity index (χ4v) is 2.24. The number of aromatic nitrogens is 3.